The maximum absolute atomic E-state index is 16.4. The predicted octanol–water partition coefficient (Wildman–Crippen LogP) is 7.91. The summed E-state index contributed by atoms with van der Waals surface area (Å²) in [5, 5.41) is 9.29. The van der Waals surface area contributed by atoms with Crippen LogP contribution in [0.4, 0.5) is 14.9 Å². The molecule has 0 aliphatic carbocycles. The van der Waals surface area contributed by atoms with Gasteiger partial charge in [0.2, 0.25) is 0 Å². The Morgan fingerprint density at radius 2 is 1.61 bits per heavy atom. The van der Waals surface area contributed by atoms with E-state index in [2.05, 4.69) is 57.6 Å². The minimum atomic E-state index is -2.52. The van der Waals surface area contributed by atoms with Crippen molar-refractivity contribution >= 4 is 42.6 Å². The number of hydrogen-bond acceptors (Lipinski definition) is 7. The lowest BCUT2D eigenvalue weighted by Gasteiger charge is -2.42. The molecule has 2 aromatic rings. The Labute approximate surface area is 230 Å². The van der Waals surface area contributed by atoms with Gasteiger partial charge in [-0.05, 0) is 53.2 Å². The maximum atomic E-state index is 16.4. The van der Waals surface area contributed by atoms with Gasteiger partial charge < -0.3 is 13.9 Å². The van der Waals surface area contributed by atoms with Gasteiger partial charge in [0.1, 0.15) is 22.3 Å². The van der Waals surface area contributed by atoms with Gasteiger partial charge in [-0.15, -0.1) is 11.8 Å². The third-order valence-electron chi connectivity index (χ3n) is 6.50. The minimum Gasteiger partial charge on any atom is -0.541 e. The zero-order chi connectivity index (χ0) is 28.6. The fourth-order valence-corrected chi connectivity index (χ4v) is 10.5. The van der Waals surface area contributed by atoms with E-state index in [-0.39, 0.29) is 38.7 Å². The topological polar surface area (TPSA) is 93.3 Å². The Hall–Kier alpha value is -3.16. The van der Waals surface area contributed by atoms with Crippen LogP contribution >= 0.6 is 11.8 Å². The molecule has 38 heavy (non-hydrogen) atoms. The summed E-state index contributed by atoms with van der Waals surface area (Å²) in [5.74, 6) is -0.168. The molecule has 0 radical (unpaired) electrons. The molecule has 0 saturated heterocycles. The molecule has 0 unspecified atom stereocenters. The van der Waals surface area contributed by atoms with Crippen LogP contribution in [0.15, 0.2) is 46.4 Å². The number of carbonyl (C=O) groups is 1. The highest BCUT2D eigenvalue weighted by molar-refractivity contribution is 8.15. The van der Waals surface area contributed by atoms with Crippen molar-refractivity contribution in [2.24, 2.45) is 9.98 Å². The normalized spacial score (nSPS) is 12.6. The summed E-state index contributed by atoms with van der Waals surface area (Å²) in [7, 11) is 0.189. The summed E-state index contributed by atoms with van der Waals surface area (Å²) < 4.78 is 33.4. The molecule has 2 rings (SSSR count). The standard InChI is InChI=1S/C28H36FN3O4SSi/c1-17(2)38(18(3)4,19(5)6)36-24-15-22(34-7)14-23(25(24)29)26(27(37-9)32-28(33)35-8)31-21-12-10-20(16-30)11-13-21/h10-15,17-19H,1-9H3. The average molecular weight is 558 g/mol. The number of thioether (sulfide) groups is 1. The van der Waals surface area contributed by atoms with Gasteiger partial charge in [0.25, 0.3) is 8.32 Å². The summed E-state index contributed by atoms with van der Waals surface area (Å²) in [6.45, 7) is 12.7. The third kappa shape index (κ3) is 6.82. The van der Waals surface area contributed by atoms with E-state index in [0.717, 1.165) is 11.8 Å². The van der Waals surface area contributed by atoms with Crippen molar-refractivity contribution in [1.29, 1.82) is 5.26 Å². The zero-order valence-electron chi connectivity index (χ0n) is 23.5. The van der Waals surface area contributed by atoms with Gasteiger partial charge in [0.15, 0.2) is 5.82 Å². The summed E-state index contributed by atoms with van der Waals surface area (Å²) in [6.07, 6.45) is 0.868. The predicted molar refractivity (Wildman–Crippen MR) is 155 cm³/mol. The van der Waals surface area contributed by atoms with Crippen LogP contribution in [0.1, 0.15) is 52.7 Å². The maximum Gasteiger partial charge on any atom is 0.434 e. The molecule has 10 heteroatoms. The monoisotopic (exact) mass is 557 g/mol. The summed E-state index contributed by atoms with van der Waals surface area (Å²) in [5.41, 5.74) is 1.73. The van der Waals surface area contributed by atoms with Crippen LogP contribution < -0.4 is 9.16 Å². The zero-order valence-corrected chi connectivity index (χ0v) is 25.3. The van der Waals surface area contributed by atoms with Crippen molar-refractivity contribution in [2.75, 3.05) is 20.5 Å². The molecule has 1 amide bonds. The van der Waals surface area contributed by atoms with Gasteiger partial charge in [-0.25, -0.2) is 14.2 Å². The van der Waals surface area contributed by atoms with Crippen LogP contribution in [0.3, 0.4) is 0 Å². The molecule has 0 bridgehead atoms. The highest BCUT2D eigenvalue weighted by Gasteiger charge is 2.47. The summed E-state index contributed by atoms with van der Waals surface area (Å²) in [4.78, 5) is 20.7. The molecule has 7 nitrogen and oxygen atoms in total. The van der Waals surface area contributed by atoms with Gasteiger partial charge in [-0.1, -0.05) is 41.5 Å². The van der Waals surface area contributed by atoms with Gasteiger partial charge in [0, 0.05) is 11.6 Å². The van der Waals surface area contributed by atoms with Gasteiger partial charge in [-0.2, -0.15) is 10.3 Å². The first-order valence-electron chi connectivity index (χ1n) is 12.3. The van der Waals surface area contributed by atoms with E-state index >= 15 is 4.39 Å². The van der Waals surface area contributed by atoms with E-state index in [4.69, 9.17) is 19.2 Å². The number of rotatable bonds is 9. The number of nitrogens with zero attached hydrogens (tertiary/aromatic N) is 3. The second kappa shape index (κ2) is 13.6. The molecule has 2 aromatic carbocycles. The number of amides is 1. The van der Waals surface area contributed by atoms with Crippen LogP contribution in [0.5, 0.6) is 11.5 Å². The highest BCUT2D eigenvalue weighted by atomic mass is 32.2. The quantitative estimate of drug-likeness (QED) is 0.177. The number of ether oxygens (including phenoxy) is 2. The van der Waals surface area contributed by atoms with Gasteiger partial charge in [-0.3, -0.25) is 0 Å². The van der Waals surface area contributed by atoms with E-state index in [1.807, 2.05) is 0 Å². The number of carbonyl (C=O) groups excluding carboxylic acids is 1. The first-order chi connectivity index (χ1) is 17.9. The van der Waals surface area contributed by atoms with Crippen molar-refractivity contribution in [1.82, 2.24) is 0 Å². The van der Waals surface area contributed by atoms with Crippen molar-refractivity contribution < 1.29 is 23.1 Å². The Morgan fingerprint density at radius 1 is 1.03 bits per heavy atom. The molecule has 0 spiro atoms. The van der Waals surface area contributed by atoms with E-state index in [9.17, 15) is 4.79 Å². The molecule has 0 heterocycles. The van der Waals surface area contributed by atoms with Gasteiger partial charge in [0.05, 0.1) is 31.5 Å². The number of benzene rings is 2. The number of halogens is 1. The summed E-state index contributed by atoms with van der Waals surface area (Å²) >= 11 is 1.13. The number of nitriles is 1. The van der Waals surface area contributed by atoms with E-state index < -0.39 is 20.2 Å². The lowest BCUT2D eigenvalue weighted by atomic mass is 10.1. The fraction of sp³-hybridized carbons (Fsp3) is 0.429. The Morgan fingerprint density at radius 3 is 2.05 bits per heavy atom. The van der Waals surface area contributed by atoms with Crippen LogP contribution in [-0.4, -0.2) is 45.6 Å². The van der Waals surface area contributed by atoms with E-state index in [1.54, 1.807) is 36.6 Å². The molecule has 0 atom stereocenters. The highest BCUT2D eigenvalue weighted by Crippen LogP contribution is 2.44. The molecule has 0 aliphatic rings. The fourth-order valence-electron chi connectivity index (χ4n) is 4.77. The molecule has 0 aliphatic heterocycles. The minimum absolute atomic E-state index is 0.0693. The first kappa shape index (κ1) is 31.1. The van der Waals surface area contributed by atoms with Crippen LogP contribution in [0.2, 0.25) is 16.6 Å². The third-order valence-corrected chi connectivity index (χ3v) is 13.2. The number of aliphatic imine (C=N–C) groups is 2. The van der Waals surface area contributed by atoms with Crippen molar-refractivity contribution in [3.63, 3.8) is 0 Å². The van der Waals surface area contributed by atoms with E-state index in [1.165, 1.54) is 20.3 Å². The smallest absolute Gasteiger partial charge is 0.434 e. The van der Waals surface area contributed by atoms with Crippen LogP contribution in [0, 0.1) is 17.1 Å². The van der Waals surface area contributed by atoms with Gasteiger partial charge >= 0.3 is 6.09 Å². The second-order valence-electron chi connectivity index (χ2n) is 9.62. The number of hydrogen-bond donors (Lipinski definition) is 0. The van der Waals surface area contributed by atoms with Crippen LogP contribution in [0.25, 0.3) is 0 Å². The average Bonchev–Trinajstić information content (AvgIpc) is 2.89. The second-order valence-corrected chi connectivity index (χ2v) is 15.8. The molecule has 0 aromatic heterocycles. The van der Waals surface area contributed by atoms with Crippen molar-refractivity contribution in [3.05, 3.63) is 53.3 Å². The van der Waals surface area contributed by atoms with Crippen molar-refractivity contribution in [3.8, 4) is 17.6 Å². The Kier molecular flexibility index (Phi) is 11.1. The largest absolute Gasteiger partial charge is 0.541 e. The number of methoxy groups -OCH3 is 2. The Bertz CT molecular complexity index is 1220. The SMILES string of the molecule is COC(=O)N=C(SC)C(=Nc1ccc(C#N)cc1)c1cc(OC)cc(O[Si](C(C)C)(C(C)C)C(C)C)c1F. The van der Waals surface area contributed by atoms with Crippen molar-refractivity contribution in [2.45, 2.75) is 58.2 Å². The molecule has 0 N–H and O–H groups in total. The lowest BCUT2D eigenvalue weighted by Crippen LogP contribution is -2.51. The first-order valence-corrected chi connectivity index (χ1v) is 15.7. The lowest BCUT2D eigenvalue weighted by molar-refractivity contribution is 0.183. The van der Waals surface area contributed by atoms with E-state index in [0.29, 0.717) is 17.0 Å². The molecular formula is C28H36FN3O4SSi. The molecule has 204 valence electrons. The summed E-state index contributed by atoms with van der Waals surface area (Å²) in [6, 6.07) is 11.6. The molecule has 0 saturated carbocycles. The Balaban J connectivity index is 2.88. The molecule has 0 fully saturated rings. The molecular weight excluding hydrogens is 521 g/mol. The van der Waals surface area contributed by atoms with Crippen LogP contribution in [-0.2, 0) is 4.74 Å².